The largest absolute Gasteiger partial charge is 0.382 e. The van der Waals surface area contributed by atoms with Crippen LogP contribution in [0.4, 0.5) is 11.6 Å². The zero-order chi connectivity index (χ0) is 19.7. The summed E-state index contributed by atoms with van der Waals surface area (Å²) in [7, 11) is 0. The fourth-order valence-electron chi connectivity index (χ4n) is 1.85. The van der Waals surface area contributed by atoms with Crippen LogP contribution in [-0.4, -0.2) is 46.6 Å². The van der Waals surface area contributed by atoms with Gasteiger partial charge in [-0.25, -0.2) is 9.97 Å². The number of nitrogen functional groups attached to an aromatic ring is 1. The quantitative estimate of drug-likeness (QED) is 0.197. The second kappa shape index (κ2) is 9.52. The Kier molecular flexibility index (Phi) is 7.43. The van der Waals surface area contributed by atoms with E-state index < -0.39 is 11.8 Å². The van der Waals surface area contributed by atoms with E-state index in [0.717, 1.165) is 0 Å². The van der Waals surface area contributed by atoms with Crippen LogP contribution in [-0.2, 0) is 9.59 Å². The molecule has 1 atom stereocenters. The Bertz CT molecular complexity index is 766. The number of carbonyl (C=O) groups is 3. The van der Waals surface area contributed by atoms with Crippen LogP contribution in [0.25, 0.3) is 0 Å². The van der Waals surface area contributed by atoms with Gasteiger partial charge in [0.1, 0.15) is 12.4 Å². The molecule has 12 heteroatoms. The van der Waals surface area contributed by atoms with Crippen LogP contribution < -0.4 is 27.8 Å². The molecule has 12 nitrogen and oxygen atoms in total. The molecule has 8 N–H and O–H groups in total. The molecule has 0 aliphatic rings. The SMILES string of the molecule is CCC(CC=O)NC(=O)CNC(=O)c1nc(N=C(N)N)c(C#N)nc1N. The maximum atomic E-state index is 12.2. The van der Waals surface area contributed by atoms with Crippen molar-refractivity contribution in [3.8, 4) is 6.07 Å². The normalized spacial score (nSPS) is 10.9. The van der Waals surface area contributed by atoms with E-state index in [1.807, 2.05) is 6.92 Å². The molecule has 1 aromatic rings. The summed E-state index contributed by atoms with van der Waals surface area (Å²) in [6.45, 7) is 1.44. The first-order valence-corrected chi connectivity index (χ1v) is 7.50. The number of nitrogens with two attached hydrogens (primary N) is 3. The molecule has 0 radical (unpaired) electrons. The van der Waals surface area contributed by atoms with Gasteiger partial charge in [0.2, 0.25) is 5.91 Å². The maximum Gasteiger partial charge on any atom is 0.274 e. The smallest absolute Gasteiger partial charge is 0.274 e. The van der Waals surface area contributed by atoms with Gasteiger partial charge < -0.3 is 32.6 Å². The highest BCUT2D eigenvalue weighted by Crippen LogP contribution is 2.17. The van der Waals surface area contributed by atoms with Gasteiger partial charge >= 0.3 is 0 Å². The first kappa shape index (κ1) is 20.3. The summed E-state index contributed by atoms with van der Waals surface area (Å²) in [6.07, 6.45) is 1.44. The number of guanidine groups is 1. The van der Waals surface area contributed by atoms with E-state index in [9.17, 15) is 14.4 Å². The summed E-state index contributed by atoms with van der Waals surface area (Å²) < 4.78 is 0. The fourth-order valence-corrected chi connectivity index (χ4v) is 1.85. The lowest BCUT2D eigenvalue weighted by atomic mass is 10.1. The second-order valence-electron chi connectivity index (χ2n) is 5.04. The number of rotatable bonds is 8. The zero-order valence-electron chi connectivity index (χ0n) is 14.0. The third-order valence-corrected chi connectivity index (χ3v) is 3.11. The number of nitriles is 1. The number of nitrogens with one attached hydrogen (secondary N) is 2. The van der Waals surface area contributed by atoms with Crippen LogP contribution in [0.3, 0.4) is 0 Å². The molecule has 0 saturated carbocycles. The number of aromatic nitrogens is 2. The van der Waals surface area contributed by atoms with Crippen molar-refractivity contribution in [2.24, 2.45) is 16.5 Å². The number of amides is 2. The number of aliphatic imine (C=N–C) groups is 1. The molecule has 0 bridgehead atoms. The summed E-state index contributed by atoms with van der Waals surface area (Å²) in [5.74, 6) is -2.26. The van der Waals surface area contributed by atoms with E-state index in [-0.39, 0.29) is 48.0 Å². The van der Waals surface area contributed by atoms with Gasteiger partial charge in [-0.2, -0.15) is 10.3 Å². The summed E-state index contributed by atoms with van der Waals surface area (Å²) >= 11 is 0. The third-order valence-electron chi connectivity index (χ3n) is 3.11. The number of anilines is 1. The number of hydrogen-bond acceptors (Lipinski definition) is 8. The Balaban J connectivity index is 2.87. The number of aldehydes is 1. The van der Waals surface area contributed by atoms with E-state index in [4.69, 9.17) is 22.5 Å². The molecule has 1 heterocycles. The van der Waals surface area contributed by atoms with Gasteiger partial charge in [0.25, 0.3) is 5.91 Å². The Labute approximate surface area is 148 Å². The van der Waals surface area contributed by atoms with Gasteiger partial charge in [0.05, 0.1) is 6.54 Å². The molecule has 0 aliphatic carbocycles. The average Bonchev–Trinajstić information content (AvgIpc) is 2.59. The van der Waals surface area contributed by atoms with Crippen molar-refractivity contribution in [3.63, 3.8) is 0 Å². The van der Waals surface area contributed by atoms with E-state index in [0.29, 0.717) is 12.7 Å². The monoisotopic (exact) mass is 361 g/mol. The first-order chi connectivity index (χ1) is 12.3. The molecule has 0 spiro atoms. The molecular weight excluding hydrogens is 342 g/mol. The minimum atomic E-state index is -0.801. The van der Waals surface area contributed by atoms with Gasteiger partial charge in [0.15, 0.2) is 29.0 Å². The first-order valence-electron chi connectivity index (χ1n) is 7.50. The average molecular weight is 361 g/mol. The number of carbonyl (C=O) groups excluding carboxylic acids is 3. The molecule has 0 fully saturated rings. The van der Waals surface area contributed by atoms with Crippen molar-refractivity contribution in [3.05, 3.63) is 11.4 Å². The lowest BCUT2D eigenvalue weighted by Gasteiger charge is -2.14. The Morgan fingerprint density at radius 1 is 1.38 bits per heavy atom. The summed E-state index contributed by atoms with van der Waals surface area (Å²) in [5, 5.41) is 13.9. The molecule has 138 valence electrons. The Morgan fingerprint density at radius 3 is 2.62 bits per heavy atom. The van der Waals surface area contributed by atoms with Crippen molar-refractivity contribution >= 4 is 35.7 Å². The van der Waals surface area contributed by atoms with Crippen LogP contribution in [0, 0.1) is 11.3 Å². The van der Waals surface area contributed by atoms with E-state index in [1.165, 1.54) is 0 Å². The second-order valence-corrected chi connectivity index (χ2v) is 5.04. The van der Waals surface area contributed by atoms with Crippen molar-refractivity contribution in [1.82, 2.24) is 20.6 Å². The molecule has 1 unspecified atom stereocenters. The highest BCUT2D eigenvalue weighted by molar-refractivity contribution is 5.98. The minimum Gasteiger partial charge on any atom is -0.382 e. The van der Waals surface area contributed by atoms with Gasteiger partial charge in [-0.3, -0.25) is 9.59 Å². The Hall–Kier alpha value is -3.75. The highest BCUT2D eigenvalue weighted by Gasteiger charge is 2.19. The van der Waals surface area contributed by atoms with E-state index >= 15 is 0 Å². The Morgan fingerprint density at radius 2 is 2.08 bits per heavy atom. The van der Waals surface area contributed by atoms with Crippen molar-refractivity contribution in [1.29, 1.82) is 5.26 Å². The molecule has 0 aromatic carbocycles. The molecule has 0 saturated heterocycles. The number of nitrogens with zero attached hydrogens (tertiary/aromatic N) is 4. The lowest BCUT2D eigenvalue weighted by molar-refractivity contribution is -0.121. The summed E-state index contributed by atoms with van der Waals surface area (Å²) in [4.78, 5) is 45.6. The van der Waals surface area contributed by atoms with Gasteiger partial charge in [-0.1, -0.05) is 6.92 Å². The topological polar surface area (TPSA) is 215 Å². The van der Waals surface area contributed by atoms with E-state index in [2.05, 4.69) is 25.6 Å². The molecule has 0 aliphatic heterocycles. The maximum absolute atomic E-state index is 12.2. The number of hydrogen-bond donors (Lipinski definition) is 5. The fraction of sp³-hybridized carbons (Fsp3) is 0.357. The van der Waals surface area contributed by atoms with Crippen LogP contribution >= 0.6 is 0 Å². The molecular formula is C14H19N9O3. The van der Waals surface area contributed by atoms with Crippen LogP contribution in [0.15, 0.2) is 4.99 Å². The van der Waals surface area contributed by atoms with Crippen molar-refractivity contribution in [2.75, 3.05) is 12.3 Å². The zero-order valence-corrected chi connectivity index (χ0v) is 14.0. The molecule has 1 aromatic heterocycles. The highest BCUT2D eigenvalue weighted by atomic mass is 16.2. The van der Waals surface area contributed by atoms with Crippen molar-refractivity contribution < 1.29 is 14.4 Å². The summed E-state index contributed by atoms with van der Waals surface area (Å²) in [6, 6.07) is 1.39. The van der Waals surface area contributed by atoms with E-state index in [1.54, 1.807) is 6.07 Å². The van der Waals surface area contributed by atoms with Crippen LogP contribution in [0.5, 0.6) is 0 Å². The third kappa shape index (κ3) is 5.71. The summed E-state index contributed by atoms with van der Waals surface area (Å²) in [5.41, 5.74) is 15.5. The van der Waals surface area contributed by atoms with Gasteiger partial charge in [-0.05, 0) is 6.42 Å². The molecule has 1 rings (SSSR count). The standard InChI is InChI=1S/C14H19N9O3/c1-2-7(3-4-24)20-9(25)6-19-13(26)10-11(16)21-8(5-15)12(22-10)23-14(17)18/h4,7H,2-3,6H2,1H3,(H2,16,21)(H,19,26)(H,20,25)(H4,17,18,22,23). The minimum absolute atomic E-state index is 0.173. The van der Waals surface area contributed by atoms with Crippen molar-refractivity contribution in [2.45, 2.75) is 25.8 Å². The molecule has 2 amide bonds. The molecule has 26 heavy (non-hydrogen) atoms. The van der Waals surface area contributed by atoms with Crippen LogP contribution in [0.1, 0.15) is 35.9 Å². The van der Waals surface area contributed by atoms with Crippen LogP contribution in [0.2, 0.25) is 0 Å². The lowest BCUT2D eigenvalue weighted by Crippen LogP contribution is -2.42. The predicted octanol–water partition coefficient (Wildman–Crippen LogP) is -1.95. The van der Waals surface area contributed by atoms with Gasteiger partial charge in [0, 0.05) is 12.5 Å². The predicted molar refractivity (Wildman–Crippen MR) is 91.9 cm³/mol. The van der Waals surface area contributed by atoms with Gasteiger partial charge in [-0.15, -0.1) is 0 Å².